The van der Waals surface area contributed by atoms with Gasteiger partial charge in [0.2, 0.25) is 0 Å². The molecule has 0 aromatic rings. The highest BCUT2D eigenvalue weighted by molar-refractivity contribution is 4.89. The van der Waals surface area contributed by atoms with Crippen LogP contribution in [-0.4, -0.2) is 30.1 Å². The Bertz CT molecular complexity index is 266. The summed E-state index contributed by atoms with van der Waals surface area (Å²) in [5.41, 5.74) is 6.52. The van der Waals surface area contributed by atoms with Crippen molar-refractivity contribution in [3.63, 3.8) is 0 Å². The van der Waals surface area contributed by atoms with Crippen LogP contribution in [0.4, 0.5) is 0 Å². The van der Waals surface area contributed by atoms with E-state index in [1.165, 1.54) is 57.9 Å². The first kappa shape index (κ1) is 15.3. The molecule has 1 aliphatic heterocycles. The van der Waals surface area contributed by atoms with Crippen LogP contribution < -0.4 is 5.73 Å². The highest BCUT2D eigenvalue weighted by Gasteiger charge is 2.35. The summed E-state index contributed by atoms with van der Waals surface area (Å²) in [4.78, 5) is 2.76. The molecule has 1 unspecified atom stereocenters. The summed E-state index contributed by atoms with van der Waals surface area (Å²) in [6.45, 7) is 9.43. The van der Waals surface area contributed by atoms with Gasteiger partial charge in [0.15, 0.2) is 0 Å². The molecule has 0 aromatic carbocycles. The Morgan fingerprint density at radius 1 is 1.05 bits per heavy atom. The molecule has 1 atom stereocenters. The monoisotopic (exact) mass is 266 g/mol. The number of hydrogen-bond donors (Lipinski definition) is 1. The number of nitrogens with two attached hydrogens (primary N) is 1. The van der Waals surface area contributed by atoms with Crippen molar-refractivity contribution in [1.29, 1.82) is 0 Å². The van der Waals surface area contributed by atoms with E-state index in [2.05, 4.69) is 25.7 Å². The second-order valence-electron chi connectivity index (χ2n) is 7.47. The van der Waals surface area contributed by atoms with E-state index in [1.807, 2.05) is 0 Å². The molecule has 2 fully saturated rings. The van der Waals surface area contributed by atoms with Crippen LogP contribution in [0.25, 0.3) is 0 Å². The fourth-order valence-electron chi connectivity index (χ4n) is 4.23. The van der Waals surface area contributed by atoms with Gasteiger partial charge in [0.1, 0.15) is 0 Å². The van der Waals surface area contributed by atoms with Gasteiger partial charge in [-0.05, 0) is 56.4 Å². The standard InChI is InChI=1S/C17H34N2/c1-4-17(2,3)14-8-10-15(11-9-14)19-12-6-5-7-16(19)13-18/h14-16H,4-13,18H2,1-3H3. The molecule has 2 aliphatic rings. The maximum absolute atomic E-state index is 5.98. The lowest BCUT2D eigenvalue weighted by molar-refractivity contribution is 0.0437. The molecule has 2 heteroatoms. The van der Waals surface area contributed by atoms with E-state index in [-0.39, 0.29) is 0 Å². The molecule has 2 rings (SSSR count). The van der Waals surface area contributed by atoms with Crippen molar-refractivity contribution in [2.75, 3.05) is 13.1 Å². The van der Waals surface area contributed by atoms with Crippen molar-refractivity contribution >= 4 is 0 Å². The summed E-state index contributed by atoms with van der Waals surface area (Å²) in [6.07, 6.45) is 11.1. The summed E-state index contributed by atoms with van der Waals surface area (Å²) in [7, 11) is 0. The van der Waals surface area contributed by atoms with Gasteiger partial charge in [-0.15, -0.1) is 0 Å². The number of piperidine rings is 1. The Morgan fingerprint density at radius 2 is 1.74 bits per heavy atom. The maximum atomic E-state index is 5.98. The van der Waals surface area contributed by atoms with Gasteiger partial charge < -0.3 is 5.73 Å². The average Bonchev–Trinajstić information content (AvgIpc) is 2.47. The lowest BCUT2D eigenvalue weighted by atomic mass is 9.68. The molecule has 19 heavy (non-hydrogen) atoms. The van der Waals surface area contributed by atoms with Crippen molar-refractivity contribution in [3.05, 3.63) is 0 Å². The van der Waals surface area contributed by atoms with Crippen molar-refractivity contribution in [1.82, 2.24) is 4.90 Å². The predicted molar refractivity (Wildman–Crippen MR) is 83.2 cm³/mol. The summed E-state index contributed by atoms with van der Waals surface area (Å²) in [5.74, 6) is 0.940. The molecule has 2 nitrogen and oxygen atoms in total. The Labute approximate surface area is 120 Å². The van der Waals surface area contributed by atoms with Crippen LogP contribution in [0.15, 0.2) is 0 Å². The maximum Gasteiger partial charge on any atom is 0.0221 e. The average molecular weight is 266 g/mol. The molecule has 0 radical (unpaired) electrons. The lowest BCUT2D eigenvalue weighted by Gasteiger charge is -2.46. The Hall–Kier alpha value is -0.0800. The second-order valence-corrected chi connectivity index (χ2v) is 7.47. The largest absolute Gasteiger partial charge is 0.329 e. The van der Waals surface area contributed by atoms with Gasteiger partial charge in [0.05, 0.1) is 0 Å². The molecule has 0 bridgehead atoms. The molecule has 1 aliphatic carbocycles. The normalized spacial score (nSPS) is 34.4. The van der Waals surface area contributed by atoms with Gasteiger partial charge in [-0.1, -0.05) is 33.6 Å². The molecule has 0 spiro atoms. The van der Waals surface area contributed by atoms with Crippen LogP contribution in [-0.2, 0) is 0 Å². The van der Waals surface area contributed by atoms with Crippen molar-refractivity contribution in [2.45, 2.75) is 84.2 Å². The third-order valence-electron chi connectivity index (χ3n) is 6.13. The molecule has 0 aromatic heterocycles. The number of likely N-dealkylation sites (tertiary alicyclic amines) is 1. The van der Waals surface area contributed by atoms with Crippen molar-refractivity contribution in [2.24, 2.45) is 17.1 Å². The molecule has 112 valence electrons. The zero-order chi connectivity index (χ0) is 13.9. The van der Waals surface area contributed by atoms with Gasteiger partial charge in [0, 0.05) is 18.6 Å². The molecular formula is C17H34N2. The van der Waals surface area contributed by atoms with Crippen LogP contribution in [0.2, 0.25) is 0 Å². The third-order valence-corrected chi connectivity index (χ3v) is 6.13. The summed E-state index contributed by atoms with van der Waals surface area (Å²) < 4.78 is 0. The van der Waals surface area contributed by atoms with Crippen LogP contribution in [0, 0.1) is 11.3 Å². The van der Waals surface area contributed by atoms with Gasteiger partial charge >= 0.3 is 0 Å². The fourth-order valence-corrected chi connectivity index (χ4v) is 4.23. The van der Waals surface area contributed by atoms with Gasteiger partial charge in [0.25, 0.3) is 0 Å². The minimum Gasteiger partial charge on any atom is -0.329 e. The van der Waals surface area contributed by atoms with Gasteiger partial charge in [-0.2, -0.15) is 0 Å². The molecule has 0 amide bonds. The fraction of sp³-hybridized carbons (Fsp3) is 1.00. The van der Waals surface area contributed by atoms with E-state index in [9.17, 15) is 0 Å². The smallest absolute Gasteiger partial charge is 0.0221 e. The van der Waals surface area contributed by atoms with E-state index in [0.717, 1.165) is 18.5 Å². The van der Waals surface area contributed by atoms with Crippen LogP contribution in [0.5, 0.6) is 0 Å². The highest BCUT2D eigenvalue weighted by atomic mass is 15.2. The Balaban J connectivity index is 1.88. The topological polar surface area (TPSA) is 29.3 Å². The minimum absolute atomic E-state index is 0.542. The molecule has 1 saturated heterocycles. The lowest BCUT2D eigenvalue weighted by Crippen LogP contribution is -2.51. The third kappa shape index (κ3) is 3.52. The van der Waals surface area contributed by atoms with E-state index >= 15 is 0 Å². The van der Waals surface area contributed by atoms with Crippen LogP contribution >= 0.6 is 0 Å². The van der Waals surface area contributed by atoms with E-state index in [1.54, 1.807) is 0 Å². The van der Waals surface area contributed by atoms with Crippen LogP contribution in [0.1, 0.15) is 72.1 Å². The summed E-state index contributed by atoms with van der Waals surface area (Å²) in [6, 6.07) is 1.51. The first-order chi connectivity index (χ1) is 9.08. The molecule has 1 saturated carbocycles. The van der Waals surface area contributed by atoms with Crippen molar-refractivity contribution < 1.29 is 0 Å². The van der Waals surface area contributed by atoms with E-state index in [4.69, 9.17) is 5.73 Å². The van der Waals surface area contributed by atoms with E-state index < -0.39 is 0 Å². The molecule has 2 N–H and O–H groups in total. The number of nitrogens with zero attached hydrogens (tertiary/aromatic N) is 1. The Morgan fingerprint density at radius 3 is 2.32 bits per heavy atom. The predicted octanol–water partition coefficient (Wildman–Crippen LogP) is 3.79. The number of rotatable bonds is 4. The zero-order valence-electron chi connectivity index (χ0n) is 13.3. The first-order valence-corrected chi connectivity index (χ1v) is 8.54. The van der Waals surface area contributed by atoms with Gasteiger partial charge in [-0.25, -0.2) is 0 Å². The van der Waals surface area contributed by atoms with Crippen molar-refractivity contribution in [3.8, 4) is 0 Å². The summed E-state index contributed by atoms with van der Waals surface area (Å²) in [5, 5.41) is 0. The number of hydrogen-bond acceptors (Lipinski definition) is 2. The second kappa shape index (κ2) is 6.58. The minimum atomic E-state index is 0.542. The Kier molecular flexibility index (Phi) is 5.30. The van der Waals surface area contributed by atoms with E-state index in [0.29, 0.717) is 11.5 Å². The summed E-state index contributed by atoms with van der Waals surface area (Å²) >= 11 is 0. The first-order valence-electron chi connectivity index (χ1n) is 8.54. The quantitative estimate of drug-likeness (QED) is 0.838. The highest BCUT2D eigenvalue weighted by Crippen LogP contribution is 2.42. The molecular weight excluding hydrogens is 232 g/mol. The zero-order valence-corrected chi connectivity index (χ0v) is 13.3. The van der Waals surface area contributed by atoms with Crippen LogP contribution in [0.3, 0.4) is 0 Å². The SMILES string of the molecule is CCC(C)(C)C1CCC(N2CCCCC2CN)CC1. The molecule has 1 heterocycles. The van der Waals surface area contributed by atoms with Gasteiger partial charge in [-0.3, -0.25) is 4.90 Å².